The van der Waals surface area contributed by atoms with Gasteiger partial charge in [-0.2, -0.15) is 0 Å². The maximum Gasteiger partial charge on any atom is 0.181 e. The van der Waals surface area contributed by atoms with Gasteiger partial charge in [-0.3, -0.25) is 14.8 Å². The van der Waals surface area contributed by atoms with Gasteiger partial charge in [0.05, 0.1) is 16.3 Å². The largest absolute Gasteiger partial charge is 0.350 e. The monoisotopic (exact) mass is 307 g/mol. The summed E-state index contributed by atoms with van der Waals surface area (Å²) in [5, 5.41) is 0. The van der Waals surface area contributed by atoms with Crippen molar-refractivity contribution in [1.29, 1.82) is 0 Å². The number of aromatic nitrogens is 1. The first kappa shape index (κ1) is 13.3. The molecule has 0 saturated heterocycles. The van der Waals surface area contributed by atoms with Gasteiger partial charge in [0.15, 0.2) is 5.43 Å². The average Bonchev–Trinajstić information content (AvgIpc) is 2.55. The molecule has 0 spiro atoms. The van der Waals surface area contributed by atoms with Gasteiger partial charge < -0.3 is 4.57 Å². The van der Waals surface area contributed by atoms with Crippen LogP contribution in [-0.2, 0) is 6.54 Å². The Labute approximate surface area is 131 Å². The number of rotatable bonds is 2. The van der Waals surface area contributed by atoms with Gasteiger partial charge in [-0.25, -0.2) is 0 Å². The Balaban J connectivity index is 1.65. The van der Waals surface area contributed by atoms with Crippen LogP contribution in [-0.4, -0.2) is 16.5 Å². The van der Waals surface area contributed by atoms with Crippen LogP contribution in [0.25, 0.3) is 0 Å². The van der Waals surface area contributed by atoms with Crippen molar-refractivity contribution in [3.05, 3.63) is 69.6 Å². The molecule has 1 aromatic carbocycles. The molecule has 0 fully saturated rings. The number of hydrogen-bond acceptors (Lipinski definition) is 4. The smallest absolute Gasteiger partial charge is 0.181 e. The first-order chi connectivity index (χ1) is 10.8. The number of allylic oxidation sites excluding steroid dienone is 1. The van der Waals surface area contributed by atoms with E-state index in [1.165, 1.54) is 5.56 Å². The van der Waals surface area contributed by atoms with Crippen LogP contribution in [0.15, 0.2) is 73.5 Å². The standard InChI is InChI=1S/C17H13N3OS/c21-13-4-7-20(8-5-13)11-12-1-2-16-15(9-12)19-14-3-6-18-10-17(14)22-16/h1-2,4-10H,3,11H2. The van der Waals surface area contributed by atoms with E-state index in [2.05, 4.69) is 23.2 Å². The maximum absolute atomic E-state index is 11.1. The lowest BCUT2D eigenvalue weighted by atomic mass is 10.1. The lowest BCUT2D eigenvalue weighted by Crippen LogP contribution is -2.08. The molecule has 5 heteroatoms. The van der Waals surface area contributed by atoms with Crippen molar-refractivity contribution in [2.75, 3.05) is 0 Å². The van der Waals surface area contributed by atoms with Crippen LogP contribution in [0.1, 0.15) is 12.0 Å². The van der Waals surface area contributed by atoms with E-state index < -0.39 is 0 Å². The number of nitrogens with zero attached hydrogens (tertiary/aromatic N) is 3. The van der Waals surface area contributed by atoms with Gasteiger partial charge in [0.2, 0.25) is 0 Å². The normalized spacial score (nSPS) is 15.6. The van der Waals surface area contributed by atoms with Gasteiger partial charge >= 0.3 is 0 Å². The van der Waals surface area contributed by atoms with Crippen molar-refractivity contribution in [1.82, 2.24) is 4.57 Å². The van der Waals surface area contributed by atoms with Gasteiger partial charge in [-0.1, -0.05) is 17.8 Å². The topological polar surface area (TPSA) is 46.7 Å². The van der Waals surface area contributed by atoms with Crippen LogP contribution in [0, 0.1) is 0 Å². The van der Waals surface area contributed by atoms with Crippen molar-refractivity contribution >= 4 is 29.4 Å². The second kappa shape index (κ2) is 5.42. The highest BCUT2D eigenvalue weighted by molar-refractivity contribution is 8.04. The molecule has 2 aliphatic heterocycles. The van der Waals surface area contributed by atoms with Crippen LogP contribution >= 0.6 is 11.8 Å². The molecular weight excluding hydrogens is 294 g/mol. The number of benzene rings is 1. The van der Waals surface area contributed by atoms with E-state index in [0.29, 0.717) is 0 Å². The predicted molar refractivity (Wildman–Crippen MR) is 90.4 cm³/mol. The number of fused-ring (bicyclic) bond motifs is 2. The van der Waals surface area contributed by atoms with Crippen molar-refractivity contribution < 1.29 is 0 Å². The molecule has 108 valence electrons. The second-order valence-corrected chi connectivity index (χ2v) is 6.28. The molecule has 0 N–H and O–H groups in total. The van der Waals surface area contributed by atoms with E-state index in [1.807, 2.05) is 17.0 Å². The molecule has 3 heterocycles. The van der Waals surface area contributed by atoms with E-state index in [9.17, 15) is 4.79 Å². The minimum atomic E-state index is 0.0303. The number of aliphatic imine (C=N–C) groups is 2. The zero-order chi connectivity index (χ0) is 14.9. The highest BCUT2D eigenvalue weighted by Crippen LogP contribution is 2.41. The van der Waals surface area contributed by atoms with Gasteiger partial charge in [-0.15, -0.1) is 0 Å². The average molecular weight is 307 g/mol. The first-order valence-electron chi connectivity index (χ1n) is 7.04. The third-order valence-corrected chi connectivity index (χ3v) is 4.72. The molecule has 4 rings (SSSR count). The molecule has 1 aromatic heterocycles. The minimum absolute atomic E-state index is 0.0303. The summed E-state index contributed by atoms with van der Waals surface area (Å²) in [5.74, 6) is 0. The van der Waals surface area contributed by atoms with E-state index in [4.69, 9.17) is 4.99 Å². The molecule has 0 aliphatic carbocycles. The van der Waals surface area contributed by atoms with Crippen molar-refractivity contribution in [3.63, 3.8) is 0 Å². The number of pyridine rings is 1. The zero-order valence-corrected chi connectivity index (χ0v) is 12.6. The first-order valence-corrected chi connectivity index (χ1v) is 7.86. The molecule has 2 aliphatic rings. The Morgan fingerprint density at radius 3 is 2.91 bits per heavy atom. The van der Waals surface area contributed by atoms with Crippen LogP contribution in [0.4, 0.5) is 5.69 Å². The molecule has 4 nitrogen and oxygen atoms in total. The third-order valence-electron chi connectivity index (χ3n) is 3.59. The maximum atomic E-state index is 11.1. The molecule has 0 unspecified atom stereocenters. The SMILES string of the molecule is O=c1ccn(Cc2ccc3c(c2)N=C2CC=NC=C2S3)cc1. The number of hydrogen-bond donors (Lipinski definition) is 0. The van der Waals surface area contributed by atoms with E-state index >= 15 is 0 Å². The van der Waals surface area contributed by atoms with Gasteiger partial charge in [0.25, 0.3) is 0 Å². The molecule has 0 atom stereocenters. The van der Waals surface area contributed by atoms with Crippen LogP contribution in [0.2, 0.25) is 0 Å². The van der Waals surface area contributed by atoms with E-state index in [1.54, 1.807) is 36.3 Å². The molecular formula is C17H13N3OS. The summed E-state index contributed by atoms with van der Waals surface area (Å²) < 4.78 is 1.99. The summed E-state index contributed by atoms with van der Waals surface area (Å²) >= 11 is 1.73. The summed E-state index contributed by atoms with van der Waals surface area (Å²) in [5.41, 5.74) is 3.31. The van der Waals surface area contributed by atoms with Crippen molar-refractivity contribution in [2.24, 2.45) is 9.98 Å². The highest BCUT2D eigenvalue weighted by Gasteiger charge is 2.19. The Morgan fingerprint density at radius 1 is 1.18 bits per heavy atom. The van der Waals surface area contributed by atoms with Gasteiger partial charge in [0.1, 0.15) is 0 Å². The van der Waals surface area contributed by atoms with Gasteiger partial charge in [-0.05, 0) is 17.7 Å². The molecule has 0 radical (unpaired) electrons. The lowest BCUT2D eigenvalue weighted by molar-refractivity contribution is 0.788. The molecule has 0 amide bonds. The Morgan fingerprint density at radius 2 is 2.05 bits per heavy atom. The fourth-order valence-electron chi connectivity index (χ4n) is 2.48. The predicted octanol–water partition coefficient (Wildman–Crippen LogP) is 3.39. The Hall–Kier alpha value is -2.40. The lowest BCUT2D eigenvalue weighted by Gasteiger charge is -2.19. The third kappa shape index (κ3) is 2.55. The van der Waals surface area contributed by atoms with E-state index in [0.717, 1.165) is 34.2 Å². The molecule has 0 saturated carbocycles. The van der Waals surface area contributed by atoms with E-state index in [-0.39, 0.29) is 5.43 Å². The fourth-order valence-corrected chi connectivity index (χ4v) is 3.42. The van der Waals surface area contributed by atoms with Crippen LogP contribution in [0.3, 0.4) is 0 Å². The Kier molecular flexibility index (Phi) is 3.27. The molecule has 0 bridgehead atoms. The van der Waals surface area contributed by atoms with Crippen LogP contribution < -0.4 is 5.43 Å². The van der Waals surface area contributed by atoms with Gasteiger partial charge in [0, 0.05) is 54.8 Å². The number of thioether (sulfide) groups is 1. The van der Waals surface area contributed by atoms with Crippen molar-refractivity contribution in [3.8, 4) is 0 Å². The minimum Gasteiger partial charge on any atom is -0.350 e. The molecule has 22 heavy (non-hydrogen) atoms. The summed E-state index contributed by atoms with van der Waals surface area (Å²) in [4.78, 5) is 22.4. The summed E-state index contributed by atoms with van der Waals surface area (Å²) in [6, 6.07) is 9.49. The van der Waals surface area contributed by atoms with Crippen LogP contribution in [0.5, 0.6) is 0 Å². The molecule has 2 aromatic rings. The zero-order valence-electron chi connectivity index (χ0n) is 11.8. The van der Waals surface area contributed by atoms with Crippen molar-refractivity contribution in [2.45, 2.75) is 17.9 Å². The summed E-state index contributed by atoms with van der Waals surface area (Å²) in [7, 11) is 0. The quantitative estimate of drug-likeness (QED) is 0.854. The summed E-state index contributed by atoms with van der Waals surface area (Å²) in [6.45, 7) is 0.729. The summed E-state index contributed by atoms with van der Waals surface area (Å²) in [6.07, 6.45) is 8.17. The Bertz CT molecular complexity index is 873. The highest BCUT2D eigenvalue weighted by atomic mass is 32.2. The second-order valence-electron chi connectivity index (χ2n) is 5.20. The fraction of sp³-hybridized carbons (Fsp3) is 0.118.